The van der Waals surface area contributed by atoms with Gasteiger partial charge in [0.05, 0.1) is 0 Å². The van der Waals surface area contributed by atoms with Crippen LogP contribution in [0.3, 0.4) is 0 Å². The number of carbonyl (C=O) groups is 1. The third-order valence-electron chi connectivity index (χ3n) is 3.36. The maximum Gasteiger partial charge on any atom is 0.251 e. The van der Waals surface area contributed by atoms with E-state index < -0.39 is 0 Å². The number of hydrogen-bond acceptors (Lipinski definition) is 4. The van der Waals surface area contributed by atoms with E-state index in [1.54, 1.807) is 6.07 Å². The highest BCUT2D eigenvalue weighted by Gasteiger charge is 2.11. The van der Waals surface area contributed by atoms with Gasteiger partial charge in [-0.3, -0.25) is 4.79 Å². The van der Waals surface area contributed by atoms with E-state index in [4.69, 9.17) is 5.84 Å². The summed E-state index contributed by atoms with van der Waals surface area (Å²) in [4.78, 5) is 16.4. The lowest BCUT2D eigenvalue weighted by atomic mass is 10.0. The van der Waals surface area contributed by atoms with E-state index in [0.29, 0.717) is 23.8 Å². The lowest BCUT2D eigenvalue weighted by Crippen LogP contribution is -2.29. The van der Waals surface area contributed by atoms with Crippen molar-refractivity contribution in [3.05, 3.63) is 23.4 Å². The van der Waals surface area contributed by atoms with Gasteiger partial charge in [-0.25, -0.2) is 10.8 Å². The Labute approximate surface area is 115 Å². The first-order chi connectivity index (χ1) is 9.14. The first-order valence-electron chi connectivity index (χ1n) is 6.90. The first-order valence-corrected chi connectivity index (χ1v) is 6.90. The fourth-order valence-electron chi connectivity index (χ4n) is 1.89. The Morgan fingerprint density at radius 3 is 2.53 bits per heavy atom. The van der Waals surface area contributed by atoms with E-state index in [9.17, 15) is 4.79 Å². The molecular weight excluding hydrogens is 240 g/mol. The molecule has 1 heterocycles. The number of pyridine rings is 1. The topological polar surface area (TPSA) is 80.0 Å². The number of hydrazine groups is 1. The first kappa shape index (κ1) is 15.4. The van der Waals surface area contributed by atoms with Crippen LogP contribution in [0, 0.1) is 5.92 Å². The van der Waals surface area contributed by atoms with Crippen LogP contribution in [0.4, 0.5) is 5.82 Å². The minimum atomic E-state index is -0.0690. The molecule has 5 heteroatoms. The van der Waals surface area contributed by atoms with Gasteiger partial charge in [-0.1, -0.05) is 33.6 Å². The molecule has 0 atom stereocenters. The average Bonchev–Trinajstić information content (AvgIpc) is 2.47. The smallest absolute Gasteiger partial charge is 0.251 e. The molecule has 106 valence electrons. The molecule has 0 saturated heterocycles. The SMILES string of the molecule is CCc1cc(C(=O)NCC(CC)CC)cc(NN)n1. The maximum absolute atomic E-state index is 12.1. The standard InChI is InChI=1S/C14H24N4O/c1-4-10(5-2)9-16-14(19)11-7-12(6-3)17-13(8-11)18-15/h7-8,10H,4-6,9,15H2,1-3H3,(H,16,19)(H,17,18). The molecule has 19 heavy (non-hydrogen) atoms. The zero-order valence-corrected chi connectivity index (χ0v) is 12.0. The molecule has 0 spiro atoms. The molecule has 4 N–H and O–H groups in total. The van der Waals surface area contributed by atoms with Crippen LogP contribution in [0.1, 0.15) is 49.7 Å². The summed E-state index contributed by atoms with van der Waals surface area (Å²) < 4.78 is 0. The predicted molar refractivity (Wildman–Crippen MR) is 77.8 cm³/mol. The van der Waals surface area contributed by atoms with Crippen molar-refractivity contribution in [2.75, 3.05) is 12.0 Å². The molecule has 0 unspecified atom stereocenters. The van der Waals surface area contributed by atoms with Gasteiger partial charge in [0.15, 0.2) is 0 Å². The zero-order chi connectivity index (χ0) is 14.3. The summed E-state index contributed by atoms with van der Waals surface area (Å²) in [5, 5.41) is 2.97. The highest BCUT2D eigenvalue weighted by molar-refractivity contribution is 5.95. The van der Waals surface area contributed by atoms with E-state index in [2.05, 4.69) is 29.6 Å². The van der Waals surface area contributed by atoms with Gasteiger partial charge in [0.1, 0.15) is 5.82 Å². The van der Waals surface area contributed by atoms with Crippen LogP contribution < -0.4 is 16.6 Å². The summed E-state index contributed by atoms with van der Waals surface area (Å²) in [7, 11) is 0. The van der Waals surface area contributed by atoms with Crippen LogP contribution in [-0.4, -0.2) is 17.4 Å². The summed E-state index contributed by atoms with van der Waals surface area (Å²) in [5.41, 5.74) is 3.95. The summed E-state index contributed by atoms with van der Waals surface area (Å²) in [6, 6.07) is 3.48. The fraction of sp³-hybridized carbons (Fsp3) is 0.571. The van der Waals surface area contributed by atoms with E-state index in [1.165, 1.54) is 0 Å². The lowest BCUT2D eigenvalue weighted by Gasteiger charge is -2.14. The van der Waals surface area contributed by atoms with Gasteiger partial charge in [-0.2, -0.15) is 0 Å². The normalized spacial score (nSPS) is 10.6. The van der Waals surface area contributed by atoms with E-state index in [0.717, 1.165) is 25.0 Å². The highest BCUT2D eigenvalue weighted by Crippen LogP contribution is 2.11. The van der Waals surface area contributed by atoms with Gasteiger partial charge < -0.3 is 10.7 Å². The molecule has 0 saturated carbocycles. The van der Waals surface area contributed by atoms with E-state index in [1.807, 2.05) is 13.0 Å². The van der Waals surface area contributed by atoms with Crippen molar-refractivity contribution in [3.63, 3.8) is 0 Å². The second-order valence-electron chi connectivity index (χ2n) is 4.62. The number of rotatable bonds is 7. The predicted octanol–water partition coefficient (Wildman–Crippen LogP) is 2.10. The minimum absolute atomic E-state index is 0.0690. The number of carbonyl (C=O) groups excluding carboxylic acids is 1. The Bertz CT molecular complexity index is 394. The van der Waals surface area contributed by atoms with Gasteiger partial charge in [0.2, 0.25) is 0 Å². The number of nitrogens with zero attached hydrogens (tertiary/aromatic N) is 1. The van der Waals surface area contributed by atoms with Gasteiger partial charge in [0, 0.05) is 17.8 Å². The number of amides is 1. The third kappa shape index (κ3) is 4.52. The average molecular weight is 264 g/mol. The quantitative estimate of drug-likeness (QED) is 0.520. The number of anilines is 1. The van der Waals surface area contributed by atoms with Crippen molar-refractivity contribution in [3.8, 4) is 0 Å². The Kier molecular flexibility index (Phi) is 6.29. The van der Waals surface area contributed by atoms with Crippen LogP contribution in [0.2, 0.25) is 0 Å². The molecular formula is C14H24N4O. The third-order valence-corrected chi connectivity index (χ3v) is 3.36. The molecule has 0 fully saturated rings. The molecule has 0 aliphatic heterocycles. The summed E-state index contributed by atoms with van der Waals surface area (Å²) in [6.07, 6.45) is 2.91. The highest BCUT2D eigenvalue weighted by atomic mass is 16.1. The molecule has 0 aliphatic rings. The maximum atomic E-state index is 12.1. The number of hydrogen-bond donors (Lipinski definition) is 3. The van der Waals surface area contributed by atoms with Crippen molar-refractivity contribution in [1.82, 2.24) is 10.3 Å². The largest absolute Gasteiger partial charge is 0.352 e. The van der Waals surface area contributed by atoms with Gasteiger partial charge in [-0.15, -0.1) is 0 Å². The van der Waals surface area contributed by atoms with Crippen LogP contribution in [-0.2, 0) is 6.42 Å². The summed E-state index contributed by atoms with van der Waals surface area (Å²) >= 11 is 0. The molecule has 0 aliphatic carbocycles. The second-order valence-corrected chi connectivity index (χ2v) is 4.62. The monoisotopic (exact) mass is 264 g/mol. The summed E-state index contributed by atoms with van der Waals surface area (Å²) in [5.74, 6) is 6.35. The number of aryl methyl sites for hydroxylation is 1. The molecule has 1 amide bonds. The van der Waals surface area contributed by atoms with Crippen LogP contribution in [0.25, 0.3) is 0 Å². The van der Waals surface area contributed by atoms with E-state index >= 15 is 0 Å². The van der Waals surface area contributed by atoms with Crippen molar-refractivity contribution < 1.29 is 4.79 Å². The molecule has 5 nitrogen and oxygen atoms in total. The number of nitrogens with one attached hydrogen (secondary N) is 2. The second kappa shape index (κ2) is 7.74. The number of nitrogen functional groups attached to an aromatic ring is 1. The fourth-order valence-corrected chi connectivity index (χ4v) is 1.89. The Hall–Kier alpha value is -1.62. The number of nitrogens with two attached hydrogens (primary N) is 1. The van der Waals surface area contributed by atoms with Crippen molar-refractivity contribution in [2.24, 2.45) is 11.8 Å². The van der Waals surface area contributed by atoms with Crippen LogP contribution >= 0.6 is 0 Å². The lowest BCUT2D eigenvalue weighted by molar-refractivity contribution is 0.0946. The van der Waals surface area contributed by atoms with Crippen molar-refractivity contribution >= 4 is 11.7 Å². The Balaban J connectivity index is 2.75. The van der Waals surface area contributed by atoms with Gasteiger partial charge >= 0.3 is 0 Å². The number of aromatic nitrogens is 1. The molecule has 1 aromatic rings. The summed E-state index contributed by atoms with van der Waals surface area (Å²) in [6.45, 7) is 6.98. The Morgan fingerprint density at radius 1 is 1.32 bits per heavy atom. The van der Waals surface area contributed by atoms with E-state index in [-0.39, 0.29) is 5.91 Å². The van der Waals surface area contributed by atoms with Crippen LogP contribution in [0.15, 0.2) is 12.1 Å². The minimum Gasteiger partial charge on any atom is -0.352 e. The molecule has 0 bridgehead atoms. The Morgan fingerprint density at radius 2 is 2.00 bits per heavy atom. The van der Waals surface area contributed by atoms with Crippen molar-refractivity contribution in [2.45, 2.75) is 40.0 Å². The van der Waals surface area contributed by atoms with Gasteiger partial charge in [-0.05, 0) is 24.5 Å². The molecule has 0 radical (unpaired) electrons. The molecule has 1 aromatic heterocycles. The zero-order valence-electron chi connectivity index (χ0n) is 12.0. The van der Waals surface area contributed by atoms with Gasteiger partial charge in [0.25, 0.3) is 5.91 Å². The molecule has 1 rings (SSSR count). The molecule has 0 aromatic carbocycles. The van der Waals surface area contributed by atoms with Crippen LogP contribution in [0.5, 0.6) is 0 Å². The van der Waals surface area contributed by atoms with Crippen molar-refractivity contribution in [1.29, 1.82) is 0 Å².